The van der Waals surface area contributed by atoms with Gasteiger partial charge in [0.1, 0.15) is 5.75 Å². The van der Waals surface area contributed by atoms with Gasteiger partial charge in [-0.05, 0) is 30.5 Å². The van der Waals surface area contributed by atoms with Gasteiger partial charge in [0.2, 0.25) is 0 Å². The first-order valence-electron chi connectivity index (χ1n) is 7.92. The van der Waals surface area contributed by atoms with Crippen LogP contribution < -0.4 is 15.4 Å². The Balaban J connectivity index is 1.38. The van der Waals surface area contributed by atoms with E-state index in [1.54, 1.807) is 13.3 Å². The number of rotatable bonds is 7. The molecule has 23 heavy (non-hydrogen) atoms. The summed E-state index contributed by atoms with van der Waals surface area (Å²) in [6, 6.07) is 9.96. The molecule has 2 amide bonds. The van der Waals surface area contributed by atoms with E-state index in [0.29, 0.717) is 12.5 Å². The number of nitrogens with zero attached hydrogens (tertiary/aromatic N) is 2. The topological polar surface area (TPSA) is 68.2 Å². The molecule has 2 aromatic rings. The number of aromatic nitrogens is 2. The quantitative estimate of drug-likeness (QED) is 0.769. The van der Waals surface area contributed by atoms with E-state index in [-0.39, 0.29) is 12.1 Å². The number of urea groups is 1. The van der Waals surface area contributed by atoms with Crippen LogP contribution in [0, 0.1) is 0 Å². The molecule has 122 valence electrons. The van der Waals surface area contributed by atoms with Crippen LogP contribution in [0.25, 0.3) is 0 Å². The molecule has 1 heterocycles. The molecule has 3 rings (SSSR count). The Morgan fingerprint density at radius 3 is 3.04 bits per heavy atom. The van der Waals surface area contributed by atoms with Gasteiger partial charge in [-0.1, -0.05) is 18.2 Å². The van der Waals surface area contributed by atoms with E-state index in [1.807, 2.05) is 35.1 Å². The summed E-state index contributed by atoms with van der Waals surface area (Å²) in [5.74, 6) is 1.24. The summed E-state index contributed by atoms with van der Waals surface area (Å²) >= 11 is 0. The fourth-order valence-corrected chi connectivity index (χ4v) is 2.77. The largest absolute Gasteiger partial charge is 0.496 e. The van der Waals surface area contributed by atoms with Crippen molar-refractivity contribution in [2.24, 2.45) is 0 Å². The van der Waals surface area contributed by atoms with Crippen molar-refractivity contribution in [3.8, 4) is 5.75 Å². The van der Waals surface area contributed by atoms with Crippen molar-refractivity contribution in [1.82, 2.24) is 20.4 Å². The van der Waals surface area contributed by atoms with Crippen molar-refractivity contribution in [3.63, 3.8) is 0 Å². The molecule has 1 saturated carbocycles. The van der Waals surface area contributed by atoms with Crippen molar-refractivity contribution in [1.29, 1.82) is 0 Å². The highest BCUT2D eigenvalue weighted by atomic mass is 16.5. The molecule has 0 spiro atoms. The minimum atomic E-state index is -0.104. The van der Waals surface area contributed by atoms with Crippen LogP contribution in [0.2, 0.25) is 0 Å². The standard InChI is InChI=1S/C17H22N4O2/c1-23-16-7-3-2-6-13(16)14-12-15(14)20-17(22)18-8-4-10-21-11-5-9-19-21/h2-3,5-7,9,11,14-15H,4,8,10,12H2,1H3,(H2,18,20,22)/t14-,15+/m0/s1. The van der Waals surface area contributed by atoms with Crippen LogP contribution in [-0.2, 0) is 6.54 Å². The van der Waals surface area contributed by atoms with E-state index < -0.39 is 0 Å². The van der Waals surface area contributed by atoms with Gasteiger partial charge in [0.25, 0.3) is 0 Å². The number of hydrogen-bond donors (Lipinski definition) is 2. The summed E-state index contributed by atoms with van der Waals surface area (Å²) in [5.41, 5.74) is 1.17. The molecule has 0 unspecified atom stereocenters. The zero-order valence-electron chi connectivity index (χ0n) is 13.2. The normalized spacial score (nSPS) is 19.2. The Labute approximate surface area is 135 Å². The second-order valence-electron chi connectivity index (χ2n) is 5.71. The zero-order valence-corrected chi connectivity index (χ0v) is 13.2. The summed E-state index contributed by atoms with van der Waals surface area (Å²) in [6.45, 7) is 1.44. The molecular formula is C17H22N4O2. The van der Waals surface area contributed by atoms with E-state index in [1.165, 1.54) is 5.56 Å². The predicted octanol–water partition coefficient (Wildman–Crippen LogP) is 2.14. The Hall–Kier alpha value is -2.50. The third-order valence-corrected chi connectivity index (χ3v) is 4.05. The minimum Gasteiger partial charge on any atom is -0.496 e. The second-order valence-corrected chi connectivity index (χ2v) is 5.71. The Morgan fingerprint density at radius 1 is 1.39 bits per heavy atom. The first-order chi connectivity index (χ1) is 11.3. The summed E-state index contributed by atoms with van der Waals surface area (Å²) in [5, 5.41) is 10.0. The lowest BCUT2D eigenvalue weighted by Gasteiger charge is -2.09. The molecule has 1 aliphatic rings. The van der Waals surface area contributed by atoms with Gasteiger partial charge in [0.05, 0.1) is 7.11 Å². The van der Waals surface area contributed by atoms with Crippen LogP contribution in [-0.4, -0.2) is 35.5 Å². The summed E-state index contributed by atoms with van der Waals surface area (Å²) in [7, 11) is 1.68. The zero-order chi connectivity index (χ0) is 16.1. The van der Waals surface area contributed by atoms with Gasteiger partial charge in [0, 0.05) is 37.4 Å². The monoisotopic (exact) mass is 314 g/mol. The number of nitrogens with one attached hydrogen (secondary N) is 2. The molecule has 1 fully saturated rings. The lowest BCUT2D eigenvalue weighted by Crippen LogP contribution is -2.38. The molecular weight excluding hydrogens is 292 g/mol. The lowest BCUT2D eigenvalue weighted by molar-refractivity contribution is 0.240. The number of benzene rings is 1. The van der Waals surface area contributed by atoms with Crippen molar-refractivity contribution in [2.75, 3.05) is 13.7 Å². The van der Waals surface area contributed by atoms with Crippen molar-refractivity contribution >= 4 is 6.03 Å². The fourth-order valence-electron chi connectivity index (χ4n) is 2.77. The fraction of sp³-hybridized carbons (Fsp3) is 0.412. The maximum absolute atomic E-state index is 11.9. The summed E-state index contributed by atoms with van der Waals surface area (Å²) in [6.07, 6.45) is 5.49. The Morgan fingerprint density at radius 2 is 2.26 bits per heavy atom. The van der Waals surface area contributed by atoms with Gasteiger partial charge in [-0.2, -0.15) is 5.10 Å². The van der Waals surface area contributed by atoms with E-state index in [9.17, 15) is 4.79 Å². The molecule has 2 atom stereocenters. The average Bonchev–Trinajstić information content (AvgIpc) is 3.12. The third-order valence-electron chi connectivity index (χ3n) is 4.05. The van der Waals surface area contributed by atoms with Gasteiger partial charge in [-0.25, -0.2) is 4.79 Å². The minimum absolute atomic E-state index is 0.104. The van der Waals surface area contributed by atoms with Gasteiger partial charge >= 0.3 is 6.03 Å². The number of ether oxygens (including phenoxy) is 1. The van der Waals surface area contributed by atoms with Crippen molar-refractivity contribution in [3.05, 3.63) is 48.3 Å². The first-order valence-corrected chi connectivity index (χ1v) is 7.92. The number of carbonyl (C=O) groups excluding carboxylic acids is 1. The smallest absolute Gasteiger partial charge is 0.315 e. The first kappa shape index (κ1) is 15.4. The number of aryl methyl sites for hydroxylation is 1. The highest BCUT2D eigenvalue weighted by molar-refractivity contribution is 5.75. The lowest BCUT2D eigenvalue weighted by atomic mass is 10.1. The van der Waals surface area contributed by atoms with Gasteiger partial charge in [-0.3, -0.25) is 4.68 Å². The van der Waals surface area contributed by atoms with Crippen LogP contribution >= 0.6 is 0 Å². The van der Waals surface area contributed by atoms with Crippen LogP contribution in [0.15, 0.2) is 42.7 Å². The van der Waals surface area contributed by atoms with E-state index in [2.05, 4.69) is 21.8 Å². The van der Waals surface area contributed by atoms with Gasteiger partial charge in [-0.15, -0.1) is 0 Å². The Kier molecular flexibility index (Phi) is 4.80. The third kappa shape index (κ3) is 4.03. The van der Waals surface area contributed by atoms with Crippen molar-refractivity contribution < 1.29 is 9.53 Å². The van der Waals surface area contributed by atoms with Crippen LogP contribution in [0.4, 0.5) is 4.79 Å². The second kappa shape index (κ2) is 7.17. The molecule has 1 aromatic heterocycles. The number of methoxy groups -OCH3 is 1. The number of para-hydroxylation sites is 1. The average molecular weight is 314 g/mol. The van der Waals surface area contributed by atoms with Gasteiger partial charge in [0.15, 0.2) is 0 Å². The van der Waals surface area contributed by atoms with E-state index in [0.717, 1.165) is 25.1 Å². The Bertz CT molecular complexity index is 642. The molecule has 0 bridgehead atoms. The number of hydrogen-bond acceptors (Lipinski definition) is 3. The maximum Gasteiger partial charge on any atom is 0.315 e. The summed E-state index contributed by atoms with van der Waals surface area (Å²) < 4.78 is 7.24. The molecule has 0 radical (unpaired) electrons. The molecule has 1 aliphatic carbocycles. The number of carbonyl (C=O) groups is 1. The maximum atomic E-state index is 11.9. The predicted molar refractivity (Wildman–Crippen MR) is 87.5 cm³/mol. The highest BCUT2D eigenvalue weighted by Crippen LogP contribution is 2.44. The molecule has 2 N–H and O–H groups in total. The van der Waals surface area contributed by atoms with Crippen molar-refractivity contribution in [2.45, 2.75) is 31.3 Å². The SMILES string of the molecule is COc1ccccc1[C@@H]1C[C@H]1NC(=O)NCCCn1cccn1. The molecule has 6 nitrogen and oxygen atoms in total. The summed E-state index contributed by atoms with van der Waals surface area (Å²) in [4.78, 5) is 11.9. The van der Waals surface area contributed by atoms with E-state index in [4.69, 9.17) is 4.74 Å². The van der Waals surface area contributed by atoms with Crippen LogP contribution in [0.3, 0.4) is 0 Å². The van der Waals surface area contributed by atoms with Crippen LogP contribution in [0.1, 0.15) is 24.3 Å². The van der Waals surface area contributed by atoms with Crippen LogP contribution in [0.5, 0.6) is 5.75 Å². The number of amides is 2. The molecule has 0 saturated heterocycles. The van der Waals surface area contributed by atoms with E-state index >= 15 is 0 Å². The molecule has 6 heteroatoms. The molecule has 0 aliphatic heterocycles. The molecule has 1 aromatic carbocycles. The highest BCUT2D eigenvalue weighted by Gasteiger charge is 2.41. The van der Waals surface area contributed by atoms with Gasteiger partial charge < -0.3 is 15.4 Å².